The first-order valence-electron chi connectivity index (χ1n) is 3.39. The first-order valence-corrected chi connectivity index (χ1v) is 4.14. The van der Waals surface area contributed by atoms with Gasteiger partial charge < -0.3 is 4.42 Å². The van der Waals surface area contributed by atoms with Crippen LogP contribution in [0.3, 0.4) is 0 Å². The molecule has 0 aliphatic rings. The van der Waals surface area contributed by atoms with Crippen LogP contribution in [0.15, 0.2) is 16.5 Å². The van der Waals surface area contributed by atoms with E-state index in [1.165, 1.54) is 0 Å². The maximum Gasteiger partial charge on any atom is 0.192 e. The topological polar surface area (TPSA) is 26.0 Å². The van der Waals surface area contributed by atoms with Crippen LogP contribution in [0.5, 0.6) is 0 Å². The SMILES string of the molecule is Cc1nc2c(Cl)cc(Cl)cc2o1. The Bertz CT molecular complexity index is 436. The van der Waals surface area contributed by atoms with Crippen LogP contribution in [-0.4, -0.2) is 4.98 Å². The van der Waals surface area contributed by atoms with Crippen molar-refractivity contribution < 1.29 is 4.42 Å². The van der Waals surface area contributed by atoms with Gasteiger partial charge in [-0.2, -0.15) is 0 Å². The van der Waals surface area contributed by atoms with Crippen molar-refractivity contribution in [2.75, 3.05) is 0 Å². The Morgan fingerprint density at radius 3 is 2.83 bits per heavy atom. The third kappa shape index (κ3) is 1.17. The summed E-state index contributed by atoms with van der Waals surface area (Å²) in [7, 11) is 0. The highest BCUT2D eigenvalue weighted by atomic mass is 35.5. The second-order valence-corrected chi connectivity index (χ2v) is 3.31. The van der Waals surface area contributed by atoms with E-state index >= 15 is 0 Å². The Labute approximate surface area is 79.1 Å². The van der Waals surface area contributed by atoms with E-state index in [1.54, 1.807) is 19.1 Å². The average molecular weight is 202 g/mol. The number of aromatic nitrogens is 1. The van der Waals surface area contributed by atoms with E-state index in [1.807, 2.05) is 0 Å². The number of aryl methyl sites for hydroxylation is 1. The number of benzene rings is 1. The molecule has 0 unspecified atom stereocenters. The summed E-state index contributed by atoms with van der Waals surface area (Å²) in [5.41, 5.74) is 1.29. The molecule has 62 valence electrons. The number of rotatable bonds is 0. The molecule has 0 aliphatic carbocycles. The Morgan fingerprint density at radius 1 is 1.33 bits per heavy atom. The molecule has 4 heteroatoms. The zero-order chi connectivity index (χ0) is 8.72. The summed E-state index contributed by atoms with van der Waals surface area (Å²) in [5, 5.41) is 1.08. The van der Waals surface area contributed by atoms with Gasteiger partial charge in [0.15, 0.2) is 11.5 Å². The van der Waals surface area contributed by atoms with Gasteiger partial charge in [0.2, 0.25) is 0 Å². The standard InChI is InChI=1S/C8H5Cl2NO/c1-4-11-8-6(10)2-5(9)3-7(8)12-4/h2-3H,1H3. The first kappa shape index (κ1) is 7.90. The predicted octanol–water partition coefficient (Wildman–Crippen LogP) is 3.44. The lowest BCUT2D eigenvalue weighted by molar-refractivity contribution is 0.561. The van der Waals surface area contributed by atoms with E-state index in [2.05, 4.69) is 4.98 Å². The van der Waals surface area contributed by atoms with Gasteiger partial charge in [0.1, 0.15) is 5.52 Å². The summed E-state index contributed by atoms with van der Waals surface area (Å²) in [4.78, 5) is 4.10. The van der Waals surface area contributed by atoms with Crippen molar-refractivity contribution >= 4 is 34.3 Å². The lowest BCUT2D eigenvalue weighted by Crippen LogP contribution is -1.71. The maximum atomic E-state index is 5.87. The number of hydrogen-bond acceptors (Lipinski definition) is 2. The highest BCUT2D eigenvalue weighted by Crippen LogP contribution is 2.27. The van der Waals surface area contributed by atoms with Crippen LogP contribution in [0, 0.1) is 6.92 Å². The molecular weight excluding hydrogens is 197 g/mol. The van der Waals surface area contributed by atoms with Gasteiger partial charge in [-0.25, -0.2) is 4.98 Å². The number of halogens is 2. The van der Waals surface area contributed by atoms with E-state index in [9.17, 15) is 0 Å². The van der Waals surface area contributed by atoms with Crippen LogP contribution >= 0.6 is 23.2 Å². The fraction of sp³-hybridized carbons (Fsp3) is 0.125. The van der Waals surface area contributed by atoms with Gasteiger partial charge in [0.25, 0.3) is 0 Å². The third-order valence-electron chi connectivity index (χ3n) is 1.52. The van der Waals surface area contributed by atoms with Crippen LogP contribution in [0.1, 0.15) is 5.89 Å². The van der Waals surface area contributed by atoms with Crippen molar-refractivity contribution in [3.8, 4) is 0 Å². The second kappa shape index (κ2) is 2.64. The van der Waals surface area contributed by atoms with Crippen LogP contribution < -0.4 is 0 Å². The van der Waals surface area contributed by atoms with Crippen LogP contribution in [-0.2, 0) is 0 Å². The number of oxazole rings is 1. The summed E-state index contributed by atoms with van der Waals surface area (Å²) in [6.45, 7) is 1.77. The lowest BCUT2D eigenvalue weighted by atomic mass is 10.3. The molecule has 0 N–H and O–H groups in total. The van der Waals surface area contributed by atoms with E-state index in [0.717, 1.165) is 0 Å². The molecule has 0 saturated heterocycles. The number of fused-ring (bicyclic) bond motifs is 1. The summed E-state index contributed by atoms with van der Waals surface area (Å²) in [5.74, 6) is 0.592. The molecule has 0 saturated carbocycles. The van der Waals surface area contributed by atoms with Gasteiger partial charge in [-0.3, -0.25) is 0 Å². The van der Waals surface area contributed by atoms with Crippen molar-refractivity contribution in [3.63, 3.8) is 0 Å². The molecule has 1 heterocycles. The van der Waals surface area contributed by atoms with Crippen molar-refractivity contribution in [1.29, 1.82) is 0 Å². The smallest absolute Gasteiger partial charge is 0.192 e. The summed E-state index contributed by atoms with van der Waals surface area (Å²) >= 11 is 11.6. The van der Waals surface area contributed by atoms with Crippen molar-refractivity contribution in [3.05, 3.63) is 28.1 Å². The van der Waals surface area contributed by atoms with Crippen molar-refractivity contribution in [1.82, 2.24) is 4.98 Å². The number of nitrogens with zero attached hydrogens (tertiary/aromatic N) is 1. The molecule has 0 aliphatic heterocycles. The van der Waals surface area contributed by atoms with Crippen LogP contribution in [0.2, 0.25) is 10.0 Å². The zero-order valence-electron chi connectivity index (χ0n) is 6.27. The van der Waals surface area contributed by atoms with E-state index in [4.69, 9.17) is 27.6 Å². The van der Waals surface area contributed by atoms with Gasteiger partial charge in [0, 0.05) is 18.0 Å². The van der Waals surface area contributed by atoms with E-state index in [-0.39, 0.29) is 0 Å². The molecule has 0 atom stereocenters. The minimum Gasteiger partial charge on any atom is -0.441 e. The minimum atomic E-state index is 0.523. The molecule has 1 aromatic heterocycles. The number of hydrogen-bond donors (Lipinski definition) is 0. The Balaban J connectivity index is 2.88. The maximum absolute atomic E-state index is 5.87. The monoisotopic (exact) mass is 201 g/mol. The molecule has 1 aromatic carbocycles. The molecule has 2 rings (SSSR count). The van der Waals surface area contributed by atoms with E-state index in [0.29, 0.717) is 27.0 Å². The Morgan fingerprint density at radius 2 is 2.08 bits per heavy atom. The molecule has 0 bridgehead atoms. The summed E-state index contributed by atoms with van der Waals surface area (Å²) < 4.78 is 5.25. The quantitative estimate of drug-likeness (QED) is 0.653. The predicted molar refractivity (Wildman–Crippen MR) is 48.8 cm³/mol. The normalized spacial score (nSPS) is 10.9. The fourth-order valence-electron chi connectivity index (χ4n) is 1.07. The Hall–Kier alpha value is -0.730. The largest absolute Gasteiger partial charge is 0.441 e. The Kier molecular flexibility index (Phi) is 1.74. The summed E-state index contributed by atoms with van der Waals surface area (Å²) in [6, 6.07) is 3.34. The molecular formula is C8H5Cl2NO. The fourth-order valence-corrected chi connectivity index (χ4v) is 1.59. The average Bonchev–Trinajstić information content (AvgIpc) is 2.29. The summed E-state index contributed by atoms with van der Waals surface area (Å²) in [6.07, 6.45) is 0. The zero-order valence-corrected chi connectivity index (χ0v) is 7.78. The van der Waals surface area contributed by atoms with Gasteiger partial charge in [-0.15, -0.1) is 0 Å². The highest BCUT2D eigenvalue weighted by molar-refractivity contribution is 6.38. The highest BCUT2D eigenvalue weighted by Gasteiger charge is 2.06. The van der Waals surface area contributed by atoms with Gasteiger partial charge in [-0.05, 0) is 6.07 Å². The van der Waals surface area contributed by atoms with Crippen LogP contribution in [0.4, 0.5) is 0 Å². The minimum absolute atomic E-state index is 0.523. The van der Waals surface area contributed by atoms with E-state index < -0.39 is 0 Å². The van der Waals surface area contributed by atoms with Gasteiger partial charge >= 0.3 is 0 Å². The van der Waals surface area contributed by atoms with Crippen molar-refractivity contribution in [2.45, 2.75) is 6.92 Å². The molecule has 0 spiro atoms. The van der Waals surface area contributed by atoms with Gasteiger partial charge in [0.05, 0.1) is 5.02 Å². The lowest BCUT2D eigenvalue weighted by Gasteiger charge is -1.91. The third-order valence-corrected chi connectivity index (χ3v) is 2.03. The first-order chi connectivity index (χ1) is 5.66. The molecule has 0 amide bonds. The molecule has 0 fully saturated rings. The molecule has 0 radical (unpaired) electrons. The van der Waals surface area contributed by atoms with Crippen LogP contribution in [0.25, 0.3) is 11.1 Å². The van der Waals surface area contributed by atoms with Gasteiger partial charge in [-0.1, -0.05) is 23.2 Å². The molecule has 12 heavy (non-hydrogen) atoms. The molecule has 2 nitrogen and oxygen atoms in total. The second-order valence-electron chi connectivity index (χ2n) is 2.47. The van der Waals surface area contributed by atoms with Crippen molar-refractivity contribution in [2.24, 2.45) is 0 Å². The molecule has 2 aromatic rings.